The van der Waals surface area contributed by atoms with E-state index in [9.17, 15) is 18.0 Å². The number of alkyl halides is 3. The van der Waals surface area contributed by atoms with Gasteiger partial charge in [-0.05, 0) is 29.3 Å². The molecule has 1 amide bonds. The van der Waals surface area contributed by atoms with Crippen molar-refractivity contribution in [3.05, 3.63) is 65.2 Å². The smallest absolute Gasteiger partial charge is 0.416 e. The van der Waals surface area contributed by atoms with Crippen LogP contribution in [0.25, 0.3) is 0 Å². The highest BCUT2D eigenvalue weighted by Gasteiger charge is 2.30. The van der Waals surface area contributed by atoms with Gasteiger partial charge in [0.2, 0.25) is 5.91 Å². The molecule has 122 valence electrons. The van der Waals surface area contributed by atoms with Crippen molar-refractivity contribution in [3.8, 4) is 5.75 Å². The molecule has 0 aromatic heterocycles. The summed E-state index contributed by atoms with van der Waals surface area (Å²) in [6.07, 6.45) is -4.50. The summed E-state index contributed by atoms with van der Waals surface area (Å²) >= 11 is 0. The number of benzene rings is 2. The van der Waals surface area contributed by atoms with E-state index in [0.29, 0.717) is 17.9 Å². The lowest BCUT2D eigenvalue weighted by Crippen LogP contribution is -2.24. The molecule has 0 unspecified atom stereocenters. The minimum absolute atomic E-state index is 0.0971. The van der Waals surface area contributed by atoms with Crippen LogP contribution in [0.3, 0.4) is 0 Å². The summed E-state index contributed by atoms with van der Waals surface area (Å²) in [6, 6.07) is 11.9. The number of ether oxygens (including phenoxy) is 1. The molecule has 2 aromatic rings. The van der Waals surface area contributed by atoms with Gasteiger partial charge >= 0.3 is 6.18 Å². The fourth-order valence-electron chi connectivity index (χ4n) is 2.05. The van der Waals surface area contributed by atoms with Crippen LogP contribution in [0.1, 0.15) is 16.7 Å². The summed E-state index contributed by atoms with van der Waals surface area (Å²) in [7, 11) is 1.56. The largest absolute Gasteiger partial charge is 0.497 e. The van der Waals surface area contributed by atoms with Crippen molar-refractivity contribution in [3.63, 3.8) is 0 Å². The molecule has 23 heavy (non-hydrogen) atoms. The minimum atomic E-state index is -4.41. The molecule has 0 radical (unpaired) electrons. The van der Waals surface area contributed by atoms with Gasteiger partial charge in [0.15, 0.2) is 0 Å². The van der Waals surface area contributed by atoms with E-state index in [0.717, 1.165) is 17.7 Å². The maximum absolute atomic E-state index is 12.6. The van der Waals surface area contributed by atoms with Gasteiger partial charge in [-0.1, -0.05) is 30.3 Å². The Kier molecular flexibility index (Phi) is 5.26. The summed E-state index contributed by atoms with van der Waals surface area (Å²) < 4.78 is 42.9. The molecule has 0 saturated carbocycles. The number of hydrogen-bond acceptors (Lipinski definition) is 2. The summed E-state index contributed by atoms with van der Waals surface area (Å²) in [5.41, 5.74) is 0.452. The van der Waals surface area contributed by atoms with Gasteiger partial charge in [0.25, 0.3) is 0 Å². The van der Waals surface area contributed by atoms with Crippen LogP contribution in [0, 0.1) is 0 Å². The molecule has 0 aliphatic carbocycles. The average Bonchev–Trinajstić information content (AvgIpc) is 2.53. The number of carbonyl (C=O) groups is 1. The van der Waals surface area contributed by atoms with Gasteiger partial charge in [-0.15, -0.1) is 0 Å². The molecule has 3 nitrogen and oxygen atoms in total. The Morgan fingerprint density at radius 3 is 2.39 bits per heavy atom. The van der Waals surface area contributed by atoms with Crippen molar-refractivity contribution >= 4 is 5.91 Å². The monoisotopic (exact) mass is 323 g/mol. The van der Waals surface area contributed by atoms with E-state index in [1.165, 1.54) is 12.1 Å². The lowest BCUT2D eigenvalue weighted by Gasteiger charge is -2.09. The summed E-state index contributed by atoms with van der Waals surface area (Å²) in [5.74, 6) is 0.379. The number of rotatable bonds is 5. The average molecular weight is 323 g/mol. The van der Waals surface area contributed by atoms with Crippen LogP contribution < -0.4 is 10.1 Å². The topological polar surface area (TPSA) is 38.3 Å². The Morgan fingerprint density at radius 1 is 1.09 bits per heavy atom. The lowest BCUT2D eigenvalue weighted by atomic mass is 10.1. The molecule has 0 atom stereocenters. The molecule has 6 heteroatoms. The van der Waals surface area contributed by atoms with Crippen LogP contribution in [0.4, 0.5) is 13.2 Å². The molecule has 0 bridgehead atoms. The van der Waals surface area contributed by atoms with Gasteiger partial charge < -0.3 is 10.1 Å². The quantitative estimate of drug-likeness (QED) is 0.913. The Hall–Kier alpha value is -2.50. The number of amides is 1. The van der Waals surface area contributed by atoms with Gasteiger partial charge in [-0.2, -0.15) is 13.2 Å². The highest BCUT2D eigenvalue weighted by Crippen LogP contribution is 2.29. The van der Waals surface area contributed by atoms with Crippen LogP contribution in [0.5, 0.6) is 5.75 Å². The van der Waals surface area contributed by atoms with Crippen molar-refractivity contribution in [1.82, 2.24) is 5.32 Å². The lowest BCUT2D eigenvalue weighted by molar-refractivity contribution is -0.137. The second-order valence-corrected chi connectivity index (χ2v) is 5.00. The first-order valence-electron chi connectivity index (χ1n) is 6.94. The first-order valence-corrected chi connectivity index (χ1v) is 6.94. The third-order valence-electron chi connectivity index (χ3n) is 3.27. The third kappa shape index (κ3) is 5.02. The highest BCUT2D eigenvalue weighted by atomic mass is 19.4. The van der Waals surface area contributed by atoms with E-state index in [4.69, 9.17) is 4.74 Å². The molecule has 0 fully saturated rings. The Balaban J connectivity index is 1.91. The van der Waals surface area contributed by atoms with Crippen molar-refractivity contribution in [1.29, 1.82) is 0 Å². The first kappa shape index (κ1) is 16.9. The molecule has 0 spiro atoms. The van der Waals surface area contributed by atoms with Gasteiger partial charge in [-0.25, -0.2) is 0 Å². The minimum Gasteiger partial charge on any atom is -0.497 e. The predicted molar refractivity (Wildman–Crippen MR) is 80.0 cm³/mol. The Labute approximate surface area is 132 Å². The van der Waals surface area contributed by atoms with E-state index in [1.54, 1.807) is 19.2 Å². The predicted octanol–water partition coefficient (Wildman–Crippen LogP) is 3.57. The van der Waals surface area contributed by atoms with Gasteiger partial charge in [0.1, 0.15) is 5.75 Å². The second-order valence-electron chi connectivity index (χ2n) is 5.00. The summed E-state index contributed by atoms with van der Waals surface area (Å²) in [6.45, 7) is 0.307. The fourth-order valence-corrected chi connectivity index (χ4v) is 2.05. The maximum atomic E-state index is 12.6. The van der Waals surface area contributed by atoms with Crippen LogP contribution in [-0.2, 0) is 23.9 Å². The molecule has 0 heterocycles. The standard InChI is InChI=1S/C17H16F3NO2/c1-23-15-7-5-12(6-8-15)11-21-16(22)10-13-3-2-4-14(9-13)17(18,19)20/h2-9H,10-11H2,1H3,(H,21,22). The highest BCUT2D eigenvalue weighted by molar-refractivity contribution is 5.78. The summed E-state index contributed by atoms with van der Waals surface area (Å²) in [5, 5.41) is 2.68. The number of methoxy groups -OCH3 is 1. The van der Waals surface area contributed by atoms with Crippen molar-refractivity contribution < 1.29 is 22.7 Å². The molecule has 1 N–H and O–H groups in total. The van der Waals surface area contributed by atoms with Gasteiger partial charge in [0, 0.05) is 6.54 Å². The SMILES string of the molecule is COc1ccc(CNC(=O)Cc2cccc(C(F)(F)F)c2)cc1. The zero-order valence-electron chi connectivity index (χ0n) is 12.5. The van der Waals surface area contributed by atoms with Crippen molar-refractivity contribution in [2.45, 2.75) is 19.1 Å². The third-order valence-corrected chi connectivity index (χ3v) is 3.27. The van der Waals surface area contributed by atoms with Crippen molar-refractivity contribution in [2.24, 2.45) is 0 Å². The summed E-state index contributed by atoms with van der Waals surface area (Å²) in [4.78, 5) is 11.9. The zero-order chi connectivity index (χ0) is 16.9. The van der Waals surface area contributed by atoms with Crippen molar-refractivity contribution in [2.75, 3.05) is 7.11 Å². The zero-order valence-corrected chi connectivity index (χ0v) is 12.5. The molecule has 0 saturated heterocycles. The van der Waals surface area contributed by atoms with E-state index >= 15 is 0 Å². The van der Waals surface area contributed by atoms with Crippen LogP contribution in [0.2, 0.25) is 0 Å². The van der Waals surface area contributed by atoms with E-state index in [2.05, 4.69) is 5.32 Å². The Morgan fingerprint density at radius 2 is 1.78 bits per heavy atom. The van der Waals surface area contributed by atoms with E-state index in [-0.39, 0.29) is 12.3 Å². The number of carbonyl (C=O) groups excluding carboxylic acids is 1. The molecular weight excluding hydrogens is 307 g/mol. The number of hydrogen-bond donors (Lipinski definition) is 1. The molecule has 2 aromatic carbocycles. The van der Waals surface area contributed by atoms with Crippen LogP contribution >= 0.6 is 0 Å². The first-order chi connectivity index (χ1) is 10.9. The molecule has 2 rings (SSSR count). The normalized spacial score (nSPS) is 11.1. The van der Waals surface area contributed by atoms with Crippen LogP contribution in [-0.4, -0.2) is 13.0 Å². The number of halogens is 3. The van der Waals surface area contributed by atoms with E-state index < -0.39 is 11.7 Å². The Bertz CT molecular complexity index is 666. The van der Waals surface area contributed by atoms with Crippen LogP contribution in [0.15, 0.2) is 48.5 Å². The number of nitrogens with one attached hydrogen (secondary N) is 1. The molecule has 0 aliphatic rings. The van der Waals surface area contributed by atoms with Gasteiger partial charge in [0.05, 0.1) is 19.1 Å². The van der Waals surface area contributed by atoms with E-state index in [1.807, 2.05) is 12.1 Å². The maximum Gasteiger partial charge on any atom is 0.416 e. The molecular formula is C17H16F3NO2. The molecule has 0 aliphatic heterocycles. The van der Waals surface area contributed by atoms with Gasteiger partial charge in [-0.3, -0.25) is 4.79 Å². The fraction of sp³-hybridized carbons (Fsp3) is 0.235. The second kappa shape index (κ2) is 7.17.